The molecule has 0 atom stereocenters. The van der Waals surface area contributed by atoms with E-state index in [0.717, 1.165) is 17.0 Å². The number of hydrogen-bond acceptors (Lipinski definition) is 5. The van der Waals surface area contributed by atoms with Crippen molar-refractivity contribution in [1.29, 1.82) is 0 Å². The first-order valence-corrected chi connectivity index (χ1v) is 9.22. The van der Waals surface area contributed by atoms with Gasteiger partial charge < -0.3 is 9.15 Å². The Bertz CT molecular complexity index is 1170. The molecule has 0 aliphatic carbocycles. The molecule has 0 amide bonds. The minimum absolute atomic E-state index is 0.300. The smallest absolute Gasteiger partial charge is 0.346 e. The lowest BCUT2D eigenvalue weighted by Crippen LogP contribution is -2.02. The van der Waals surface area contributed by atoms with Crippen molar-refractivity contribution in [3.63, 3.8) is 0 Å². The van der Waals surface area contributed by atoms with Crippen molar-refractivity contribution in [3.05, 3.63) is 68.3 Å². The predicted octanol–water partition coefficient (Wildman–Crippen LogP) is 5.90. The Morgan fingerprint density at radius 2 is 1.88 bits per heavy atom. The van der Waals surface area contributed by atoms with Crippen molar-refractivity contribution < 1.29 is 9.15 Å². The first-order chi connectivity index (χ1) is 12.5. The van der Waals surface area contributed by atoms with Gasteiger partial charge in [0.05, 0.1) is 23.4 Å². The lowest BCUT2D eigenvalue weighted by Gasteiger charge is -2.02. The van der Waals surface area contributed by atoms with Gasteiger partial charge in [0.2, 0.25) is 0 Å². The van der Waals surface area contributed by atoms with E-state index >= 15 is 0 Å². The zero-order valence-corrected chi connectivity index (χ0v) is 15.8. The summed E-state index contributed by atoms with van der Waals surface area (Å²) in [4.78, 5) is 17.0. The van der Waals surface area contributed by atoms with E-state index in [1.54, 1.807) is 25.3 Å². The summed E-state index contributed by atoms with van der Waals surface area (Å²) in [5.74, 6) is 0.771. The minimum Gasteiger partial charge on any atom is -0.497 e. The molecule has 7 heteroatoms. The Balaban J connectivity index is 1.79. The topological polar surface area (TPSA) is 52.3 Å². The number of halogens is 2. The highest BCUT2D eigenvalue weighted by Crippen LogP contribution is 2.32. The van der Waals surface area contributed by atoms with E-state index in [9.17, 15) is 4.79 Å². The third kappa shape index (κ3) is 3.09. The molecule has 0 saturated heterocycles. The van der Waals surface area contributed by atoms with Crippen LogP contribution >= 0.6 is 34.5 Å². The molecule has 2 aromatic carbocycles. The van der Waals surface area contributed by atoms with Gasteiger partial charge in [-0.05, 0) is 42.5 Å². The summed E-state index contributed by atoms with van der Waals surface area (Å²) < 4.78 is 10.5. The standard InChI is InChI=1S/C19H11Cl2NO3S/c1-24-13-4-2-10(3-5-13)16-9-26-18(22-16)14-7-11-6-12(20)8-15(21)17(11)25-19(14)23/h2-9H,1H3. The summed E-state index contributed by atoms with van der Waals surface area (Å²) in [5.41, 5.74) is 1.91. The molecule has 0 aliphatic heterocycles. The monoisotopic (exact) mass is 403 g/mol. The van der Waals surface area contributed by atoms with E-state index < -0.39 is 5.63 Å². The van der Waals surface area contributed by atoms with E-state index in [1.807, 2.05) is 29.6 Å². The molecule has 0 unspecified atom stereocenters. The number of aromatic nitrogens is 1. The van der Waals surface area contributed by atoms with Crippen molar-refractivity contribution in [2.45, 2.75) is 0 Å². The van der Waals surface area contributed by atoms with E-state index in [0.29, 0.717) is 31.6 Å². The van der Waals surface area contributed by atoms with E-state index in [2.05, 4.69) is 4.98 Å². The fourth-order valence-electron chi connectivity index (χ4n) is 2.60. The van der Waals surface area contributed by atoms with Crippen LogP contribution in [-0.2, 0) is 0 Å². The van der Waals surface area contributed by atoms with Gasteiger partial charge in [-0.2, -0.15) is 0 Å². The van der Waals surface area contributed by atoms with Gasteiger partial charge in [-0.25, -0.2) is 9.78 Å². The largest absolute Gasteiger partial charge is 0.497 e. The molecule has 2 aromatic heterocycles. The Morgan fingerprint density at radius 3 is 2.62 bits per heavy atom. The van der Waals surface area contributed by atoms with Crippen LogP contribution in [0.25, 0.3) is 32.8 Å². The number of rotatable bonds is 3. The minimum atomic E-state index is -0.489. The molecular weight excluding hydrogens is 393 g/mol. The highest BCUT2D eigenvalue weighted by molar-refractivity contribution is 7.13. The zero-order chi connectivity index (χ0) is 18.3. The summed E-state index contributed by atoms with van der Waals surface area (Å²) in [5, 5.41) is 3.89. The third-order valence-corrected chi connectivity index (χ3v) is 5.25. The van der Waals surface area contributed by atoms with Crippen molar-refractivity contribution >= 4 is 45.5 Å². The average Bonchev–Trinajstić information content (AvgIpc) is 3.12. The second-order valence-electron chi connectivity index (χ2n) is 5.52. The summed E-state index contributed by atoms with van der Waals surface area (Å²) in [6.07, 6.45) is 0. The number of thiazole rings is 1. The van der Waals surface area contributed by atoms with Gasteiger partial charge in [-0.3, -0.25) is 0 Å². The van der Waals surface area contributed by atoms with Crippen LogP contribution in [0, 0.1) is 0 Å². The number of benzene rings is 2. The van der Waals surface area contributed by atoms with Gasteiger partial charge in [0.1, 0.15) is 10.8 Å². The Hall–Kier alpha value is -2.34. The highest BCUT2D eigenvalue weighted by atomic mass is 35.5. The quantitative estimate of drug-likeness (QED) is 0.399. The zero-order valence-electron chi connectivity index (χ0n) is 13.5. The van der Waals surface area contributed by atoms with Crippen LogP contribution in [0.1, 0.15) is 0 Å². The van der Waals surface area contributed by atoms with Gasteiger partial charge in [-0.15, -0.1) is 11.3 Å². The van der Waals surface area contributed by atoms with E-state index in [-0.39, 0.29) is 0 Å². The van der Waals surface area contributed by atoms with Gasteiger partial charge in [-0.1, -0.05) is 23.2 Å². The molecule has 0 fully saturated rings. The maximum Gasteiger partial charge on any atom is 0.346 e. The molecule has 4 nitrogen and oxygen atoms in total. The van der Waals surface area contributed by atoms with Crippen LogP contribution in [0.4, 0.5) is 0 Å². The van der Waals surface area contributed by atoms with Gasteiger partial charge in [0, 0.05) is 21.4 Å². The number of ether oxygens (including phenoxy) is 1. The summed E-state index contributed by atoms with van der Waals surface area (Å²) >= 11 is 13.5. The third-order valence-electron chi connectivity index (χ3n) is 3.87. The van der Waals surface area contributed by atoms with Crippen LogP contribution < -0.4 is 10.4 Å². The summed E-state index contributed by atoms with van der Waals surface area (Å²) in [7, 11) is 1.62. The van der Waals surface area contributed by atoms with Crippen LogP contribution in [-0.4, -0.2) is 12.1 Å². The highest BCUT2D eigenvalue weighted by Gasteiger charge is 2.14. The molecule has 0 spiro atoms. The first-order valence-electron chi connectivity index (χ1n) is 7.58. The van der Waals surface area contributed by atoms with Crippen molar-refractivity contribution in [2.75, 3.05) is 7.11 Å². The Morgan fingerprint density at radius 1 is 1.12 bits per heavy atom. The lowest BCUT2D eigenvalue weighted by molar-refractivity contribution is 0.415. The maximum atomic E-state index is 12.4. The molecule has 4 rings (SSSR count). The molecule has 2 heterocycles. The number of hydrogen-bond donors (Lipinski definition) is 0. The first kappa shape index (κ1) is 17.1. The van der Waals surface area contributed by atoms with E-state index in [1.165, 1.54) is 11.3 Å². The SMILES string of the molecule is COc1ccc(-c2csc(-c3cc4cc(Cl)cc(Cl)c4oc3=O)n2)cc1. The van der Waals surface area contributed by atoms with Crippen molar-refractivity contribution in [2.24, 2.45) is 0 Å². The molecular formula is C19H11Cl2NO3S. The van der Waals surface area contributed by atoms with Crippen LogP contribution in [0.5, 0.6) is 5.75 Å². The van der Waals surface area contributed by atoms with Crippen molar-refractivity contribution in [1.82, 2.24) is 4.98 Å². The summed E-state index contributed by atoms with van der Waals surface area (Å²) in [6.45, 7) is 0. The molecule has 0 saturated carbocycles. The number of nitrogens with zero attached hydrogens (tertiary/aromatic N) is 1. The van der Waals surface area contributed by atoms with Crippen LogP contribution in [0.15, 0.2) is 57.1 Å². The van der Waals surface area contributed by atoms with Gasteiger partial charge in [0.15, 0.2) is 5.58 Å². The second-order valence-corrected chi connectivity index (χ2v) is 7.22. The molecule has 0 N–H and O–H groups in total. The normalized spacial score (nSPS) is 11.0. The molecule has 0 bridgehead atoms. The molecule has 4 aromatic rings. The molecule has 0 aliphatic rings. The van der Waals surface area contributed by atoms with Crippen LogP contribution in [0.3, 0.4) is 0 Å². The van der Waals surface area contributed by atoms with Crippen molar-refractivity contribution in [3.8, 4) is 27.6 Å². The molecule has 130 valence electrons. The number of fused-ring (bicyclic) bond motifs is 1. The molecule has 26 heavy (non-hydrogen) atoms. The van der Waals surface area contributed by atoms with Gasteiger partial charge in [0.25, 0.3) is 0 Å². The second kappa shape index (κ2) is 6.76. The fraction of sp³-hybridized carbons (Fsp3) is 0.0526. The fourth-order valence-corrected chi connectivity index (χ4v) is 3.98. The Kier molecular flexibility index (Phi) is 4.44. The lowest BCUT2D eigenvalue weighted by atomic mass is 10.1. The molecule has 0 radical (unpaired) electrons. The van der Waals surface area contributed by atoms with Crippen LogP contribution in [0.2, 0.25) is 10.0 Å². The average molecular weight is 404 g/mol. The summed E-state index contributed by atoms with van der Waals surface area (Å²) in [6, 6.07) is 12.5. The van der Waals surface area contributed by atoms with E-state index in [4.69, 9.17) is 32.4 Å². The predicted molar refractivity (Wildman–Crippen MR) is 106 cm³/mol. The maximum absolute atomic E-state index is 12.4. The van der Waals surface area contributed by atoms with Gasteiger partial charge >= 0.3 is 5.63 Å². The Labute approximate surface area is 162 Å². The number of methoxy groups -OCH3 is 1.